The minimum Gasteiger partial charge on any atom is -0.396 e. The van der Waals surface area contributed by atoms with E-state index < -0.39 is 0 Å². The summed E-state index contributed by atoms with van der Waals surface area (Å²) in [5.74, 6) is 2.38. The largest absolute Gasteiger partial charge is 0.396 e. The zero-order chi connectivity index (χ0) is 10.0. The van der Waals surface area contributed by atoms with Gasteiger partial charge in [-0.2, -0.15) is 0 Å². The highest BCUT2D eigenvalue weighted by molar-refractivity contribution is 5.09. The van der Waals surface area contributed by atoms with Gasteiger partial charge in [-0.3, -0.25) is 0 Å². The number of aliphatic hydroxyl groups excluding tert-OH is 1. The van der Waals surface area contributed by atoms with Crippen LogP contribution in [-0.2, 0) is 0 Å². The van der Waals surface area contributed by atoms with Gasteiger partial charge in [0.15, 0.2) is 0 Å². The molecular weight excluding hydrogens is 160 g/mol. The molecule has 0 bridgehead atoms. The molecule has 0 aliphatic heterocycles. The zero-order valence-electron chi connectivity index (χ0n) is 9.25. The Morgan fingerprint density at radius 1 is 1.54 bits per heavy atom. The van der Waals surface area contributed by atoms with Gasteiger partial charge in [-0.25, -0.2) is 0 Å². The molecule has 0 saturated heterocycles. The van der Waals surface area contributed by atoms with Crippen LogP contribution in [0.1, 0.15) is 34.1 Å². The average molecular weight is 182 g/mol. The lowest BCUT2D eigenvalue weighted by Gasteiger charge is -2.36. The Balaban J connectivity index is 2.78. The summed E-state index contributed by atoms with van der Waals surface area (Å²) in [6, 6.07) is 0. The first kappa shape index (κ1) is 10.8. The fourth-order valence-electron chi connectivity index (χ4n) is 2.59. The number of rotatable bonds is 2. The second-order valence-electron chi connectivity index (χ2n) is 4.83. The summed E-state index contributed by atoms with van der Waals surface area (Å²) in [6.45, 7) is 9.30. The van der Waals surface area contributed by atoms with Gasteiger partial charge >= 0.3 is 0 Å². The Bertz CT molecular complexity index is 193. The highest BCUT2D eigenvalue weighted by Gasteiger charge is 2.30. The standard InChI is InChI=1S/C12H22O/c1-8(2)11-6-9(3)5-10(4)12(11)7-13/h5,8,10-13H,6-7H2,1-4H3. The second kappa shape index (κ2) is 4.28. The van der Waals surface area contributed by atoms with E-state index in [1.165, 1.54) is 12.0 Å². The van der Waals surface area contributed by atoms with Crippen molar-refractivity contribution in [1.29, 1.82) is 0 Å². The molecule has 3 unspecified atom stereocenters. The lowest BCUT2D eigenvalue weighted by atomic mass is 9.70. The summed E-state index contributed by atoms with van der Waals surface area (Å²) in [5.41, 5.74) is 1.50. The van der Waals surface area contributed by atoms with Crippen LogP contribution in [-0.4, -0.2) is 11.7 Å². The van der Waals surface area contributed by atoms with Crippen LogP contribution in [0.2, 0.25) is 0 Å². The van der Waals surface area contributed by atoms with Crippen LogP contribution >= 0.6 is 0 Å². The van der Waals surface area contributed by atoms with Gasteiger partial charge in [-0.05, 0) is 37.0 Å². The normalized spacial score (nSPS) is 34.9. The molecule has 13 heavy (non-hydrogen) atoms. The van der Waals surface area contributed by atoms with Crippen LogP contribution in [0.25, 0.3) is 0 Å². The number of hydrogen-bond acceptors (Lipinski definition) is 1. The summed E-state index contributed by atoms with van der Waals surface area (Å²) < 4.78 is 0. The van der Waals surface area contributed by atoms with Crippen molar-refractivity contribution in [3.05, 3.63) is 11.6 Å². The number of allylic oxidation sites excluding steroid dienone is 2. The van der Waals surface area contributed by atoms with E-state index in [1.807, 2.05) is 0 Å². The molecular formula is C12H22O. The Labute approximate surface area is 81.9 Å². The third-order valence-electron chi connectivity index (χ3n) is 3.40. The van der Waals surface area contributed by atoms with E-state index in [-0.39, 0.29) is 0 Å². The Morgan fingerprint density at radius 2 is 2.15 bits per heavy atom. The van der Waals surface area contributed by atoms with Gasteiger partial charge in [0.1, 0.15) is 0 Å². The molecule has 1 nitrogen and oxygen atoms in total. The second-order valence-corrected chi connectivity index (χ2v) is 4.83. The molecule has 3 atom stereocenters. The maximum atomic E-state index is 9.34. The lowest BCUT2D eigenvalue weighted by Crippen LogP contribution is -2.31. The molecule has 0 saturated carbocycles. The molecule has 0 fully saturated rings. The predicted molar refractivity (Wildman–Crippen MR) is 56.4 cm³/mol. The van der Waals surface area contributed by atoms with E-state index in [1.54, 1.807) is 0 Å². The van der Waals surface area contributed by atoms with Gasteiger partial charge in [-0.1, -0.05) is 32.4 Å². The minimum atomic E-state index is 0.341. The van der Waals surface area contributed by atoms with Crippen molar-refractivity contribution in [2.24, 2.45) is 23.7 Å². The lowest BCUT2D eigenvalue weighted by molar-refractivity contribution is 0.109. The van der Waals surface area contributed by atoms with Crippen molar-refractivity contribution in [1.82, 2.24) is 0 Å². The van der Waals surface area contributed by atoms with Crippen molar-refractivity contribution >= 4 is 0 Å². The highest BCUT2D eigenvalue weighted by Crippen LogP contribution is 2.37. The number of aliphatic hydroxyl groups is 1. The van der Waals surface area contributed by atoms with E-state index >= 15 is 0 Å². The van der Waals surface area contributed by atoms with Crippen LogP contribution in [0.5, 0.6) is 0 Å². The quantitative estimate of drug-likeness (QED) is 0.651. The van der Waals surface area contributed by atoms with Crippen molar-refractivity contribution < 1.29 is 5.11 Å². The zero-order valence-corrected chi connectivity index (χ0v) is 9.25. The summed E-state index contributed by atoms with van der Waals surface area (Å²) in [6.07, 6.45) is 3.49. The minimum absolute atomic E-state index is 0.341. The first-order valence-corrected chi connectivity index (χ1v) is 5.34. The molecule has 1 aliphatic rings. The average Bonchev–Trinajstić information content (AvgIpc) is 2.02. The SMILES string of the molecule is CC1=CC(C)C(CO)C(C(C)C)C1. The summed E-state index contributed by atoms with van der Waals surface area (Å²) in [7, 11) is 0. The molecule has 0 heterocycles. The first-order chi connectivity index (χ1) is 6.06. The molecule has 0 aromatic rings. The third-order valence-corrected chi connectivity index (χ3v) is 3.40. The van der Waals surface area contributed by atoms with Crippen LogP contribution < -0.4 is 0 Å². The predicted octanol–water partition coefficient (Wildman–Crippen LogP) is 2.85. The summed E-state index contributed by atoms with van der Waals surface area (Å²) in [5, 5.41) is 9.34. The summed E-state index contributed by atoms with van der Waals surface area (Å²) in [4.78, 5) is 0. The van der Waals surface area contributed by atoms with Crippen LogP contribution in [0.4, 0.5) is 0 Å². The van der Waals surface area contributed by atoms with Gasteiger partial charge in [0.05, 0.1) is 0 Å². The summed E-state index contributed by atoms with van der Waals surface area (Å²) >= 11 is 0. The van der Waals surface area contributed by atoms with E-state index in [9.17, 15) is 5.11 Å². The Morgan fingerprint density at radius 3 is 2.62 bits per heavy atom. The van der Waals surface area contributed by atoms with E-state index in [2.05, 4.69) is 33.8 Å². The van der Waals surface area contributed by atoms with Crippen LogP contribution in [0, 0.1) is 23.7 Å². The van der Waals surface area contributed by atoms with Crippen molar-refractivity contribution in [3.8, 4) is 0 Å². The molecule has 1 aliphatic carbocycles. The van der Waals surface area contributed by atoms with Gasteiger partial charge in [0.2, 0.25) is 0 Å². The maximum Gasteiger partial charge on any atom is 0.0467 e. The topological polar surface area (TPSA) is 20.2 Å². The van der Waals surface area contributed by atoms with Gasteiger partial charge in [0, 0.05) is 6.61 Å². The van der Waals surface area contributed by atoms with E-state index in [4.69, 9.17) is 0 Å². The van der Waals surface area contributed by atoms with Gasteiger partial charge < -0.3 is 5.11 Å². The Hall–Kier alpha value is -0.300. The molecule has 0 aromatic heterocycles. The highest BCUT2D eigenvalue weighted by atomic mass is 16.3. The van der Waals surface area contributed by atoms with E-state index in [0.717, 1.165) is 0 Å². The fraction of sp³-hybridized carbons (Fsp3) is 0.833. The van der Waals surface area contributed by atoms with E-state index in [0.29, 0.717) is 30.3 Å². The molecule has 0 amide bonds. The van der Waals surface area contributed by atoms with Crippen molar-refractivity contribution in [3.63, 3.8) is 0 Å². The molecule has 0 radical (unpaired) electrons. The monoisotopic (exact) mass is 182 g/mol. The molecule has 0 spiro atoms. The Kier molecular flexibility index (Phi) is 3.55. The molecule has 76 valence electrons. The molecule has 0 aromatic carbocycles. The van der Waals surface area contributed by atoms with Crippen LogP contribution in [0.3, 0.4) is 0 Å². The molecule has 1 rings (SSSR count). The smallest absolute Gasteiger partial charge is 0.0467 e. The first-order valence-electron chi connectivity index (χ1n) is 5.34. The maximum absolute atomic E-state index is 9.34. The van der Waals surface area contributed by atoms with Crippen LogP contribution in [0.15, 0.2) is 11.6 Å². The van der Waals surface area contributed by atoms with Gasteiger partial charge in [0.25, 0.3) is 0 Å². The van der Waals surface area contributed by atoms with Gasteiger partial charge in [-0.15, -0.1) is 0 Å². The molecule has 1 heteroatoms. The molecule has 1 N–H and O–H groups in total. The van der Waals surface area contributed by atoms with Crippen molar-refractivity contribution in [2.75, 3.05) is 6.61 Å². The third kappa shape index (κ3) is 2.34. The van der Waals surface area contributed by atoms with Crippen molar-refractivity contribution in [2.45, 2.75) is 34.1 Å². The number of hydrogen-bond donors (Lipinski definition) is 1. The fourth-order valence-corrected chi connectivity index (χ4v) is 2.59.